The van der Waals surface area contributed by atoms with Gasteiger partial charge < -0.3 is 0 Å². The summed E-state index contributed by atoms with van der Waals surface area (Å²) in [6, 6.07) is 9.08. The number of hydrogen-bond donors (Lipinski definition) is 2. The molecule has 3 rings (SSSR count). The van der Waals surface area contributed by atoms with E-state index in [0.717, 1.165) is 4.88 Å². The third-order valence-electron chi connectivity index (χ3n) is 3.52. The van der Waals surface area contributed by atoms with Gasteiger partial charge in [0.15, 0.2) is 5.01 Å². The number of amides is 1. The van der Waals surface area contributed by atoms with E-state index in [1.807, 2.05) is 17.5 Å². The highest BCUT2D eigenvalue weighted by Gasteiger charge is 2.17. The summed E-state index contributed by atoms with van der Waals surface area (Å²) in [5.74, 6) is -0.605. The summed E-state index contributed by atoms with van der Waals surface area (Å²) >= 11 is 2.12. The van der Waals surface area contributed by atoms with Gasteiger partial charge in [0.1, 0.15) is 0 Å². The van der Waals surface area contributed by atoms with Crippen LogP contribution in [0.4, 0.5) is 13.9 Å². The van der Waals surface area contributed by atoms with Gasteiger partial charge in [-0.25, -0.2) is 21.9 Å². The number of halogens is 2. The van der Waals surface area contributed by atoms with Crippen LogP contribution in [0.5, 0.6) is 0 Å². The van der Waals surface area contributed by atoms with Crippen LogP contribution in [0.1, 0.15) is 26.7 Å². The van der Waals surface area contributed by atoms with E-state index >= 15 is 0 Å². The van der Waals surface area contributed by atoms with Crippen LogP contribution < -0.4 is 10.0 Å². The Morgan fingerprint density at radius 1 is 1.14 bits per heavy atom. The molecule has 0 radical (unpaired) electrons. The molecule has 1 aromatic carbocycles. The molecule has 0 spiro atoms. The molecule has 148 valence electrons. The molecule has 0 aliphatic heterocycles. The second kappa shape index (κ2) is 8.82. The molecule has 0 saturated carbocycles. The van der Waals surface area contributed by atoms with Crippen molar-refractivity contribution in [3.05, 3.63) is 57.2 Å². The molecule has 0 atom stereocenters. The van der Waals surface area contributed by atoms with Gasteiger partial charge in [0.25, 0.3) is 12.3 Å². The average Bonchev–Trinajstić information content (AvgIpc) is 3.34. The lowest BCUT2D eigenvalue weighted by molar-refractivity contribution is 0.102. The monoisotopic (exact) mass is 444 g/mol. The summed E-state index contributed by atoms with van der Waals surface area (Å²) in [4.78, 5) is 13.2. The van der Waals surface area contributed by atoms with Crippen LogP contribution in [-0.2, 0) is 16.4 Å². The Bertz CT molecular complexity index is 1040. The van der Waals surface area contributed by atoms with Crippen LogP contribution in [0.2, 0.25) is 0 Å². The number of carbonyl (C=O) groups excluding carboxylic acids is 1. The minimum Gasteiger partial charge on any atom is -0.296 e. The smallest absolute Gasteiger partial charge is 0.291 e. The molecular formula is C16H14F2N4O3S3. The lowest BCUT2D eigenvalue weighted by Crippen LogP contribution is -2.26. The van der Waals surface area contributed by atoms with Gasteiger partial charge in [-0.1, -0.05) is 17.4 Å². The fourth-order valence-electron chi connectivity index (χ4n) is 2.17. The van der Waals surface area contributed by atoms with Crippen molar-refractivity contribution in [3.8, 4) is 0 Å². The van der Waals surface area contributed by atoms with E-state index < -0.39 is 27.4 Å². The van der Waals surface area contributed by atoms with Gasteiger partial charge >= 0.3 is 0 Å². The topological polar surface area (TPSA) is 101 Å². The Labute approximate surface area is 167 Å². The number of hydrogen-bond acceptors (Lipinski definition) is 7. The van der Waals surface area contributed by atoms with Crippen LogP contribution in [0.25, 0.3) is 0 Å². The average molecular weight is 445 g/mol. The van der Waals surface area contributed by atoms with Crippen LogP contribution in [0.15, 0.2) is 46.7 Å². The van der Waals surface area contributed by atoms with Gasteiger partial charge in [-0.3, -0.25) is 10.1 Å². The number of rotatable bonds is 8. The summed E-state index contributed by atoms with van der Waals surface area (Å²) in [7, 11) is -3.70. The summed E-state index contributed by atoms with van der Waals surface area (Å²) in [6.07, 6.45) is -2.18. The maximum atomic E-state index is 12.5. The molecule has 0 aliphatic carbocycles. The molecule has 0 saturated heterocycles. The van der Waals surface area contributed by atoms with E-state index in [0.29, 0.717) is 17.8 Å². The van der Waals surface area contributed by atoms with Crippen LogP contribution in [0, 0.1) is 0 Å². The van der Waals surface area contributed by atoms with Crippen LogP contribution >= 0.6 is 22.7 Å². The molecule has 3 aromatic rings. The Morgan fingerprint density at radius 3 is 2.50 bits per heavy atom. The van der Waals surface area contributed by atoms with Crippen LogP contribution in [0.3, 0.4) is 0 Å². The summed E-state index contributed by atoms with van der Waals surface area (Å²) in [5.41, 5.74) is 0.159. The third-order valence-corrected chi connectivity index (χ3v) is 6.78. The van der Waals surface area contributed by atoms with Crippen molar-refractivity contribution in [2.45, 2.75) is 17.7 Å². The van der Waals surface area contributed by atoms with Crippen LogP contribution in [-0.4, -0.2) is 31.1 Å². The second-order valence-electron chi connectivity index (χ2n) is 5.45. The number of anilines is 1. The van der Waals surface area contributed by atoms with E-state index in [2.05, 4.69) is 20.2 Å². The van der Waals surface area contributed by atoms with Gasteiger partial charge in [-0.2, -0.15) is 0 Å². The highest BCUT2D eigenvalue weighted by atomic mass is 32.2. The summed E-state index contributed by atoms with van der Waals surface area (Å²) < 4.78 is 52.1. The highest BCUT2D eigenvalue weighted by Crippen LogP contribution is 2.25. The zero-order valence-corrected chi connectivity index (χ0v) is 16.6. The third kappa shape index (κ3) is 5.16. The molecule has 2 aromatic heterocycles. The number of carbonyl (C=O) groups is 1. The fourth-order valence-corrected chi connectivity index (χ4v) is 4.51. The second-order valence-corrected chi connectivity index (χ2v) is 9.26. The summed E-state index contributed by atoms with van der Waals surface area (Å²) in [6.45, 7) is 0.259. The van der Waals surface area contributed by atoms with Crippen molar-refractivity contribution in [2.24, 2.45) is 0 Å². The number of nitrogens with one attached hydrogen (secondary N) is 2. The molecule has 2 heterocycles. The maximum absolute atomic E-state index is 12.5. The van der Waals surface area contributed by atoms with Gasteiger partial charge in [0.2, 0.25) is 15.2 Å². The van der Waals surface area contributed by atoms with Gasteiger partial charge in [-0.15, -0.1) is 21.5 Å². The highest BCUT2D eigenvalue weighted by molar-refractivity contribution is 7.89. The quantitative estimate of drug-likeness (QED) is 0.555. The normalized spacial score (nSPS) is 11.7. The number of nitrogens with zero attached hydrogens (tertiary/aromatic N) is 2. The van der Waals surface area contributed by atoms with Crippen molar-refractivity contribution in [3.63, 3.8) is 0 Å². The first-order valence-corrected chi connectivity index (χ1v) is 11.1. The van der Waals surface area contributed by atoms with Crippen molar-refractivity contribution < 1.29 is 22.0 Å². The maximum Gasteiger partial charge on any atom is 0.291 e. The molecule has 0 unspecified atom stereocenters. The van der Waals surface area contributed by atoms with Crippen molar-refractivity contribution in [1.29, 1.82) is 0 Å². The molecule has 1 amide bonds. The van der Waals surface area contributed by atoms with Crippen molar-refractivity contribution >= 4 is 43.7 Å². The number of alkyl halides is 2. The van der Waals surface area contributed by atoms with E-state index in [4.69, 9.17) is 0 Å². The lowest BCUT2D eigenvalue weighted by Gasteiger charge is -2.07. The first kappa shape index (κ1) is 20.5. The van der Waals surface area contributed by atoms with Crippen molar-refractivity contribution in [2.75, 3.05) is 11.9 Å². The number of thiophene rings is 1. The number of benzene rings is 1. The van der Waals surface area contributed by atoms with E-state index in [-0.39, 0.29) is 22.1 Å². The number of aromatic nitrogens is 2. The largest absolute Gasteiger partial charge is 0.296 e. The van der Waals surface area contributed by atoms with E-state index in [1.54, 1.807) is 11.3 Å². The van der Waals surface area contributed by atoms with Crippen molar-refractivity contribution in [1.82, 2.24) is 14.9 Å². The zero-order valence-electron chi connectivity index (χ0n) is 14.1. The zero-order chi connectivity index (χ0) is 20.1. The van der Waals surface area contributed by atoms with Gasteiger partial charge in [0.05, 0.1) is 4.90 Å². The van der Waals surface area contributed by atoms with E-state index in [9.17, 15) is 22.0 Å². The minimum absolute atomic E-state index is 0.0196. The minimum atomic E-state index is -3.70. The van der Waals surface area contributed by atoms with Gasteiger partial charge in [0, 0.05) is 17.0 Å². The summed E-state index contributed by atoms with van der Waals surface area (Å²) in [5, 5.41) is 10.5. The molecule has 28 heavy (non-hydrogen) atoms. The van der Waals surface area contributed by atoms with Gasteiger partial charge in [-0.05, 0) is 42.1 Å². The Morgan fingerprint density at radius 2 is 1.89 bits per heavy atom. The Balaban J connectivity index is 1.60. The molecule has 0 fully saturated rings. The molecular weight excluding hydrogens is 430 g/mol. The molecule has 7 nitrogen and oxygen atoms in total. The Kier molecular flexibility index (Phi) is 6.44. The first-order valence-electron chi connectivity index (χ1n) is 7.90. The molecule has 2 N–H and O–H groups in total. The molecule has 0 aliphatic rings. The standard InChI is InChI=1S/C16H14F2N4O3S3/c17-13(18)15-21-22-16(27-15)20-14(23)10-3-5-12(6-4-10)28(24,25)19-8-7-11-2-1-9-26-11/h1-6,9,13,19H,7-8H2,(H,20,22,23). The lowest BCUT2D eigenvalue weighted by atomic mass is 10.2. The first-order chi connectivity index (χ1) is 13.3. The SMILES string of the molecule is O=C(Nc1nnc(C(F)F)s1)c1ccc(S(=O)(=O)NCCc2cccs2)cc1. The molecule has 12 heteroatoms. The Hall–Kier alpha value is -2.28. The molecule has 0 bridgehead atoms. The van der Waals surface area contributed by atoms with E-state index in [1.165, 1.54) is 24.3 Å². The fraction of sp³-hybridized carbons (Fsp3) is 0.188. The predicted molar refractivity (Wildman–Crippen MR) is 102 cm³/mol. The number of sulfonamides is 1. The predicted octanol–water partition coefficient (Wildman–Crippen LogP) is 3.31.